The number of benzene rings is 1. The van der Waals surface area contributed by atoms with Gasteiger partial charge in [-0.3, -0.25) is 4.79 Å². The van der Waals surface area contributed by atoms with E-state index in [1.54, 1.807) is 24.3 Å². The maximum atomic E-state index is 13.6. The Bertz CT molecular complexity index is 614. The van der Waals surface area contributed by atoms with Gasteiger partial charge in [-0.05, 0) is 31.0 Å². The minimum Gasteiger partial charge on any atom is -0.481 e. The molecule has 2 nitrogen and oxygen atoms in total. The summed E-state index contributed by atoms with van der Waals surface area (Å²) in [6.07, 6.45) is 1.36. The Morgan fingerprint density at radius 3 is 2.56 bits per heavy atom. The number of carbonyl (C=O) groups is 1. The molecule has 0 radical (unpaired) electrons. The zero-order valence-corrected chi connectivity index (χ0v) is 10.3. The van der Waals surface area contributed by atoms with Crippen LogP contribution in [0.5, 0.6) is 0 Å². The number of halogens is 1. The SMILES string of the molecule is O=C(O)C1(c2ccc(-c3ccccc3F)s2)CC1. The molecule has 1 N–H and O–H groups in total. The van der Waals surface area contributed by atoms with Gasteiger partial charge in [0.1, 0.15) is 11.2 Å². The summed E-state index contributed by atoms with van der Waals surface area (Å²) in [7, 11) is 0. The van der Waals surface area contributed by atoms with E-state index in [4.69, 9.17) is 0 Å². The first-order chi connectivity index (χ1) is 8.63. The van der Waals surface area contributed by atoms with Crippen molar-refractivity contribution in [2.75, 3.05) is 0 Å². The molecule has 1 aromatic carbocycles. The van der Waals surface area contributed by atoms with Crippen molar-refractivity contribution in [2.45, 2.75) is 18.3 Å². The third-order valence-electron chi connectivity index (χ3n) is 3.38. The molecule has 4 heteroatoms. The molecule has 1 aliphatic rings. The van der Waals surface area contributed by atoms with Crippen molar-refractivity contribution >= 4 is 17.3 Å². The maximum absolute atomic E-state index is 13.6. The van der Waals surface area contributed by atoms with Crippen LogP contribution in [0.3, 0.4) is 0 Å². The number of hydrogen-bond acceptors (Lipinski definition) is 2. The van der Waals surface area contributed by atoms with Crippen LogP contribution in [0.15, 0.2) is 36.4 Å². The van der Waals surface area contributed by atoms with Crippen LogP contribution in [-0.4, -0.2) is 11.1 Å². The van der Waals surface area contributed by atoms with Crippen LogP contribution in [0.4, 0.5) is 4.39 Å². The minimum absolute atomic E-state index is 0.272. The predicted molar refractivity (Wildman–Crippen MR) is 68.3 cm³/mol. The summed E-state index contributed by atoms with van der Waals surface area (Å²) in [6.45, 7) is 0. The Kier molecular flexibility index (Phi) is 2.48. The van der Waals surface area contributed by atoms with Crippen molar-refractivity contribution in [3.63, 3.8) is 0 Å². The van der Waals surface area contributed by atoms with Crippen molar-refractivity contribution in [1.29, 1.82) is 0 Å². The largest absolute Gasteiger partial charge is 0.481 e. The van der Waals surface area contributed by atoms with E-state index in [1.807, 2.05) is 6.07 Å². The van der Waals surface area contributed by atoms with E-state index in [2.05, 4.69) is 0 Å². The monoisotopic (exact) mass is 262 g/mol. The summed E-state index contributed by atoms with van der Waals surface area (Å²) in [5.41, 5.74) is -0.163. The van der Waals surface area contributed by atoms with Crippen molar-refractivity contribution in [3.8, 4) is 10.4 Å². The van der Waals surface area contributed by atoms with Gasteiger partial charge in [-0.1, -0.05) is 18.2 Å². The molecular weight excluding hydrogens is 251 g/mol. The van der Waals surface area contributed by atoms with E-state index < -0.39 is 11.4 Å². The number of aliphatic carboxylic acids is 1. The third-order valence-corrected chi connectivity index (χ3v) is 4.70. The third kappa shape index (κ3) is 1.64. The average molecular weight is 262 g/mol. The Morgan fingerprint density at radius 2 is 1.94 bits per heavy atom. The van der Waals surface area contributed by atoms with Crippen molar-refractivity contribution < 1.29 is 14.3 Å². The molecule has 0 aliphatic heterocycles. The van der Waals surface area contributed by atoms with Crippen molar-refractivity contribution in [2.24, 2.45) is 0 Å². The van der Waals surface area contributed by atoms with E-state index in [9.17, 15) is 14.3 Å². The van der Waals surface area contributed by atoms with E-state index in [-0.39, 0.29) is 5.82 Å². The van der Waals surface area contributed by atoms with Gasteiger partial charge in [0.25, 0.3) is 0 Å². The molecule has 92 valence electrons. The highest BCUT2D eigenvalue weighted by molar-refractivity contribution is 7.15. The Balaban J connectivity index is 2.01. The highest BCUT2D eigenvalue weighted by atomic mass is 32.1. The molecule has 18 heavy (non-hydrogen) atoms. The summed E-state index contributed by atoms with van der Waals surface area (Å²) in [5, 5.41) is 9.22. The number of hydrogen-bond donors (Lipinski definition) is 1. The molecule has 0 atom stereocenters. The van der Waals surface area contributed by atoms with Crippen molar-refractivity contribution in [1.82, 2.24) is 0 Å². The summed E-state index contributed by atoms with van der Waals surface area (Å²) in [4.78, 5) is 12.8. The molecule has 1 aromatic heterocycles. The molecule has 3 rings (SSSR count). The Hall–Kier alpha value is -1.68. The molecule has 1 saturated carbocycles. The predicted octanol–water partition coefficient (Wildman–Crippen LogP) is 3.67. The minimum atomic E-state index is -0.774. The van der Waals surface area contributed by atoms with Gasteiger partial charge < -0.3 is 5.11 Å². The number of rotatable bonds is 3. The summed E-state index contributed by atoms with van der Waals surface area (Å²) >= 11 is 1.38. The molecule has 0 saturated heterocycles. The van der Waals surface area contributed by atoms with Gasteiger partial charge in [0.05, 0.1) is 0 Å². The first-order valence-corrected chi connectivity index (χ1v) is 6.54. The normalized spacial score (nSPS) is 16.5. The summed E-state index contributed by atoms with van der Waals surface area (Å²) < 4.78 is 13.6. The number of thiophene rings is 1. The fourth-order valence-corrected chi connectivity index (χ4v) is 3.36. The standard InChI is InChI=1S/C14H11FO2S/c15-10-4-2-1-3-9(10)11-5-6-12(18-11)14(7-8-14)13(16)17/h1-6H,7-8H2,(H,16,17). The topological polar surface area (TPSA) is 37.3 Å². The van der Waals surface area contributed by atoms with E-state index in [0.717, 1.165) is 9.75 Å². The zero-order chi connectivity index (χ0) is 12.8. The van der Waals surface area contributed by atoms with Gasteiger partial charge in [0.15, 0.2) is 0 Å². The lowest BCUT2D eigenvalue weighted by Crippen LogP contribution is -2.17. The van der Waals surface area contributed by atoms with Crippen LogP contribution in [-0.2, 0) is 10.2 Å². The van der Waals surface area contributed by atoms with Gasteiger partial charge >= 0.3 is 5.97 Å². The molecule has 0 unspecified atom stereocenters. The van der Waals surface area contributed by atoms with Crippen LogP contribution >= 0.6 is 11.3 Å². The quantitative estimate of drug-likeness (QED) is 0.916. The number of carboxylic acid groups (broad SMARTS) is 1. The molecule has 2 aromatic rings. The average Bonchev–Trinajstić information content (AvgIpc) is 3.03. The molecule has 0 amide bonds. The lowest BCUT2D eigenvalue weighted by Gasteiger charge is -2.05. The lowest BCUT2D eigenvalue weighted by molar-refractivity contribution is -0.139. The molecule has 1 aliphatic carbocycles. The smallest absolute Gasteiger partial charge is 0.314 e. The maximum Gasteiger partial charge on any atom is 0.314 e. The highest BCUT2D eigenvalue weighted by Crippen LogP contribution is 2.51. The molecule has 1 fully saturated rings. The second kappa shape index (κ2) is 3.92. The van der Waals surface area contributed by atoms with Crippen LogP contribution in [0.1, 0.15) is 17.7 Å². The van der Waals surface area contributed by atoms with Gasteiger partial charge in [0.2, 0.25) is 0 Å². The van der Waals surface area contributed by atoms with E-state index in [1.165, 1.54) is 17.4 Å². The van der Waals surface area contributed by atoms with Crippen LogP contribution in [0.25, 0.3) is 10.4 Å². The van der Waals surface area contributed by atoms with Crippen molar-refractivity contribution in [3.05, 3.63) is 47.1 Å². The summed E-state index contributed by atoms with van der Waals surface area (Å²) in [5.74, 6) is -1.05. The molecule has 0 bridgehead atoms. The zero-order valence-electron chi connectivity index (χ0n) is 9.52. The first kappa shape index (κ1) is 11.4. The summed E-state index contributed by atoms with van der Waals surface area (Å²) in [6, 6.07) is 10.2. The first-order valence-electron chi connectivity index (χ1n) is 5.72. The second-order valence-corrected chi connectivity index (χ2v) is 5.61. The van der Waals surface area contributed by atoms with Crippen LogP contribution in [0.2, 0.25) is 0 Å². The van der Waals surface area contributed by atoms with Crippen LogP contribution < -0.4 is 0 Å². The number of carboxylic acids is 1. The van der Waals surface area contributed by atoms with Crippen LogP contribution in [0, 0.1) is 5.82 Å². The van der Waals surface area contributed by atoms with Gasteiger partial charge in [-0.15, -0.1) is 11.3 Å². The Labute approximate surface area is 108 Å². The van der Waals surface area contributed by atoms with E-state index in [0.29, 0.717) is 18.4 Å². The molecule has 1 heterocycles. The van der Waals surface area contributed by atoms with E-state index >= 15 is 0 Å². The van der Waals surface area contributed by atoms with Gasteiger partial charge in [0, 0.05) is 15.3 Å². The lowest BCUT2D eigenvalue weighted by atomic mass is 10.1. The molecular formula is C14H11FO2S. The highest BCUT2D eigenvalue weighted by Gasteiger charge is 2.52. The molecule has 0 spiro atoms. The van der Waals surface area contributed by atoms with Gasteiger partial charge in [-0.2, -0.15) is 0 Å². The fraction of sp³-hybridized carbons (Fsp3) is 0.214. The van der Waals surface area contributed by atoms with Gasteiger partial charge in [-0.25, -0.2) is 4.39 Å². The Morgan fingerprint density at radius 1 is 1.22 bits per heavy atom. The fourth-order valence-electron chi connectivity index (χ4n) is 2.09. The second-order valence-electron chi connectivity index (χ2n) is 4.53.